The molecule has 2 aromatic rings. The second-order valence-corrected chi connectivity index (χ2v) is 6.49. The summed E-state index contributed by atoms with van der Waals surface area (Å²) in [4.78, 5) is 16.4. The van der Waals surface area contributed by atoms with Crippen molar-refractivity contribution in [1.82, 2.24) is 10.2 Å². The molecule has 4 nitrogen and oxygen atoms in total. The predicted molar refractivity (Wildman–Crippen MR) is 98.3 cm³/mol. The normalized spacial score (nSPS) is 14.5. The van der Waals surface area contributed by atoms with Crippen LogP contribution in [-0.4, -0.2) is 37.1 Å². The van der Waals surface area contributed by atoms with Crippen molar-refractivity contribution in [3.63, 3.8) is 0 Å². The summed E-state index contributed by atoms with van der Waals surface area (Å²) >= 11 is 0. The zero-order valence-electron chi connectivity index (χ0n) is 14.8. The van der Waals surface area contributed by atoms with Gasteiger partial charge in [0.1, 0.15) is 5.82 Å². The monoisotopic (exact) mass is 341 g/mol. The van der Waals surface area contributed by atoms with Crippen molar-refractivity contribution in [3.8, 4) is 0 Å². The van der Waals surface area contributed by atoms with Gasteiger partial charge >= 0.3 is 6.03 Å². The van der Waals surface area contributed by atoms with E-state index in [4.69, 9.17) is 0 Å². The fourth-order valence-corrected chi connectivity index (χ4v) is 3.01. The first-order valence-corrected chi connectivity index (χ1v) is 8.63. The predicted octanol–water partition coefficient (Wildman–Crippen LogP) is 3.47. The lowest BCUT2D eigenvalue weighted by Crippen LogP contribution is -2.51. The van der Waals surface area contributed by atoms with Crippen LogP contribution in [0.3, 0.4) is 0 Å². The molecule has 0 bridgehead atoms. The zero-order valence-corrected chi connectivity index (χ0v) is 14.8. The van der Waals surface area contributed by atoms with Crippen LogP contribution >= 0.6 is 0 Å². The Morgan fingerprint density at radius 1 is 1.04 bits per heavy atom. The second-order valence-electron chi connectivity index (χ2n) is 6.49. The maximum absolute atomic E-state index is 13.6. The first-order chi connectivity index (χ1) is 12.0. The molecule has 0 saturated carbocycles. The molecule has 1 fully saturated rings. The van der Waals surface area contributed by atoms with Crippen LogP contribution in [-0.2, 0) is 6.54 Å². The van der Waals surface area contributed by atoms with Gasteiger partial charge < -0.3 is 15.1 Å². The molecule has 1 heterocycles. The molecule has 1 aliphatic rings. The molecule has 0 unspecified atom stereocenters. The minimum absolute atomic E-state index is 0.136. The van der Waals surface area contributed by atoms with Gasteiger partial charge in [-0.25, -0.2) is 9.18 Å². The number of aryl methyl sites for hydroxylation is 2. The molecular formula is C20H24FN3O. The number of rotatable bonds is 3. The van der Waals surface area contributed by atoms with E-state index in [2.05, 4.69) is 42.3 Å². The van der Waals surface area contributed by atoms with Gasteiger partial charge in [0, 0.05) is 44.0 Å². The largest absolute Gasteiger partial charge is 0.368 e. The van der Waals surface area contributed by atoms with Crippen molar-refractivity contribution >= 4 is 11.7 Å². The van der Waals surface area contributed by atoms with Crippen molar-refractivity contribution in [2.75, 3.05) is 31.1 Å². The molecule has 3 rings (SSSR count). The summed E-state index contributed by atoms with van der Waals surface area (Å²) in [5.41, 5.74) is 4.27. The number of amides is 2. The van der Waals surface area contributed by atoms with E-state index in [-0.39, 0.29) is 18.4 Å². The minimum atomic E-state index is -0.289. The van der Waals surface area contributed by atoms with E-state index in [0.717, 1.165) is 13.1 Å². The highest BCUT2D eigenvalue weighted by Gasteiger charge is 2.21. The Morgan fingerprint density at radius 3 is 2.44 bits per heavy atom. The number of anilines is 1. The van der Waals surface area contributed by atoms with Crippen molar-refractivity contribution in [1.29, 1.82) is 0 Å². The summed E-state index contributed by atoms with van der Waals surface area (Å²) in [6, 6.07) is 12.8. The SMILES string of the molecule is Cc1ccc(N2CCN(C(=O)NCc3ccccc3F)CC2)cc1C. The van der Waals surface area contributed by atoms with Crippen LogP contribution in [0.5, 0.6) is 0 Å². The molecule has 1 saturated heterocycles. The van der Waals surface area contributed by atoms with E-state index in [1.807, 2.05) is 0 Å². The molecule has 0 atom stereocenters. The van der Waals surface area contributed by atoms with Gasteiger partial charge in [0.15, 0.2) is 0 Å². The molecule has 1 N–H and O–H groups in total. The Morgan fingerprint density at radius 2 is 1.76 bits per heavy atom. The number of halogens is 1. The number of nitrogens with one attached hydrogen (secondary N) is 1. The van der Waals surface area contributed by atoms with Crippen LogP contribution < -0.4 is 10.2 Å². The van der Waals surface area contributed by atoms with Crippen molar-refractivity contribution in [3.05, 3.63) is 65.0 Å². The Hall–Kier alpha value is -2.56. The number of hydrogen-bond donors (Lipinski definition) is 1. The molecule has 1 aliphatic heterocycles. The van der Waals surface area contributed by atoms with Crippen LogP contribution in [0.25, 0.3) is 0 Å². The van der Waals surface area contributed by atoms with Gasteiger partial charge in [-0.2, -0.15) is 0 Å². The first kappa shape index (κ1) is 17.3. The fraction of sp³-hybridized carbons (Fsp3) is 0.350. The summed E-state index contributed by atoms with van der Waals surface area (Å²) in [6.07, 6.45) is 0. The number of hydrogen-bond acceptors (Lipinski definition) is 2. The number of benzene rings is 2. The molecular weight excluding hydrogens is 317 g/mol. The maximum atomic E-state index is 13.6. The Labute approximate surface area is 148 Å². The van der Waals surface area contributed by atoms with Gasteiger partial charge in [-0.05, 0) is 43.2 Å². The lowest BCUT2D eigenvalue weighted by molar-refractivity contribution is 0.194. The van der Waals surface area contributed by atoms with Crippen LogP contribution in [0.2, 0.25) is 0 Å². The van der Waals surface area contributed by atoms with Gasteiger partial charge in [0.2, 0.25) is 0 Å². The lowest BCUT2D eigenvalue weighted by Gasteiger charge is -2.36. The quantitative estimate of drug-likeness (QED) is 0.928. The summed E-state index contributed by atoms with van der Waals surface area (Å²) in [5.74, 6) is -0.289. The summed E-state index contributed by atoms with van der Waals surface area (Å²) in [6.45, 7) is 7.36. The molecule has 25 heavy (non-hydrogen) atoms. The van der Waals surface area contributed by atoms with Gasteiger partial charge in [0.25, 0.3) is 0 Å². The van der Waals surface area contributed by atoms with Crippen molar-refractivity contribution < 1.29 is 9.18 Å². The number of urea groups is 1. The minimum Gasteiger partial charge on any atom is -0.368 e. The summed E-state index contributed by atoms with van der Waals surface area (Å²) in [7, 11) is 0. The Bertz CT molecular complexity index is 754. The van der Waals surface area contributed by atoms with E-state index in [9.17, 15) is 9.18 Å². The molecule has 0 radical (unpaired) electrons. The van der Waals surface area contributed by atoms with Crippen molar-refractivity contribution in [2.24, 2.45) is 0 Å². The topological polar surface area (TPSA) is 35.6 Å². The molecule has 2 aromatic carbocycles. The van der Waals surface area contributed by atoms with Gasteiger partial charge in [-0.3, -0.25) is 0 Å². The van der Waals surface area contributed by atoms with E-state index in [0.29, 0.717) is 18.7 Å². The summed E-state index contributed by atoms with van der Waals surface area (Å²) < 4.78 is 13.6. The van der Waals surface area contributed by atoms with Gasteiger partial charge in [0.05, 0.1) is 0 Å². The Kier molecular flexibility index (Phi) is 5.22. The number of carbonyl (C=O) groups excluding carboxylic acids is 1. The van der Waals surface area contributed by atoms with Crippen LogP contribution in [0.15, 0.2) is 42.5 Å². The standard InChI is InChI=1S/C20H24FN3O/c1-15-7-8-18(13-16(15)2)23-9-11-24(12-10-23)20(25)22-14-17-5-3-4-6-19(17)21/h3-8,13H,9-12,14H2,1-2H3,(H,22,25). The average Bonchev–Trinajstić information content (AvgIpc) is 2.63. The number of piperazine rings is 1. The third-order valence-corrected chi connectivity index (χ3v) is 4.81. The molecule has 5 heteroatoms. The van der Waals surface area contributed by atoms with Crippen molar-refractivity contribution in [2.45, 2.75) is 20.4 Å². The highest BCUT2D eigenvalue weighted by molar-refractivity contribution is 5.74. The third kappa shape index (κ3) is 4.10. The maximum Gasteiger partial charge on any atom is 0.317 e. The van der Waals surface area contributed by atoms with Crippen LogP contribution in [0.4, 0.5) is 14.9 Å². The van der Waals surface area contributed by atoms with Crippen LogP contribution in [0.1, 0.15) is 16.7 Å². The second kappa shape index (κ2) is 7.55. The molecule has 132 valence electrons. The smallest absolute Gasteiger partial charge is 0.317 e. The third-order valence-electron chi connectivity index (χ3n) is 4.81. The van der Waals surface area contributed by atoms with Gasteiger partial charge in [-0.1, -0.05) is 24.3 Å². The highest BCUT2D eigenvalue weighted by Crippen LogP contribution is 2.20. The number of nitrogens with zero attached hydrogens (tertiary/aromatic N) is 2. The molecule has 0 aromatic heterocycles. The molecule has 2 amide bonds. The van der Waals surface area contributed by atoms with E-state index < -0.39 is 0 Å². The first-order valence-electron chi connectivity index (χ1n) is 8.63. The highest BCUT2D eigenvalue weighted by atomic mass is 19.1. The average molecular weight is 341 g/mol. The fourth-order valence-electron chi connectivity index (χ4n) is 3.01. The van der Waals surface area contributed by atoms with E-state index in [1.54, 1.807) is 23.1 Å². The van der Waals surface area contributed by atoms with Crippen LogP contribution in [0, 0.1) is 19.7 Å². The van der Waals surface area contributed by atoms with E-state index >= 15 is 0 Å². The molecule has 0 spiro atoms. The lowest BCUT2D eigenvalue weighted by atomic mass is 10.1. The number of carbonyl (C=O) groups is 1. The van der Waals surface area contributed by atoms with E-state index in [1.165, 1.54) is 22.9 Å². The van der Waals surface area contributed by atoms with Gasteiger partial charge in [-0.15, -0.1) is 0 Å². The molecule has 0 aliphatic carbocycles. The zero-order chi connectivity index (χ0) is 17.8. The Balaban J connectivity index is 1.52. The summed E-state index contributed by atoms with van der Waals surface area (Å²) in [5, 5.41) is 2.81.